The van der Waals surface area contributed by atoms with Gasteiger partial charge in [0.2, 0.25) is 0 Å². The van der Waals surface area contributed by atoms with Crippen molar-refractivity contribution in [2.75, 3.05) is 42.7 Å². The van der Waals surface area contributed by atoms with Gasteiger partial charge in [-0.1, -0.05) is 0 Å². The highest BCUT2D eigenvalue weighted by Crippen LogP contribution is 2.39. The van der Waals surface area contributed by atoms with Crippen molar-refractivity contribution in [2.45, 2.75) is 6.42 Å². The fourth-order valence-corrected chi connectivity index (χ4v) is 2.67. The predicted octanol–water partition coefficient (Wildman–Crippen LogP) is 3.33. The Hall–Kier alpha value is -2.76. The summed E-state index contributed by atoms with van der Waals surface area (Å²) in [4.78, 5) is 0. The third-order valence-corrected chi connectivity index (χ3v) is 3.95. The van der Waals surface area contributed by atoms with Gasteiger partial charge in [-0.2, -0.15) is 0 Å². The van der Waals surface area contributed by atoms with Gasteiger partial charge in [-0.15, -0.1) is 0 Å². The van der Waals surface area contributed by atoms with Crippen molar-refractivity contribution in [1.29, 1.82) is 0 Å². The first-order valence-corrected chi connectivity index (χ1v) is 7.69. The molecule has 0 fully saturated rings. The standard InChI is InChI=1S/C19H24O6/c1-20-14-10-18(24-5)16(22-3)8-12(14)7-13-9-17(23-4)19(25-6)11-15(13)21-2/h8-11H,7H2,1-6H3. The summed E-state index contributed by atoms with van der Waals surface area (Å²) >= 11 is 0. The molecule has 0 aliphatic carbocycles. The summed E-state index contributed by atoms with van der Waals surface area (Å²) in [5.41, 5.74) is 1.87. The first kappa shape index (κ1) is 18.6. The lowest BCUT2D eigenvalue weighted by atomic mass is 10.0. The van der Waals surface area contributed by atoms with Crippen molar-refractivity contribution in [3.8, 4) is 34.5 Å². The van der Waals surface area contributed by atoms with Crippen LogP contribution in [0.4, 0.5) is 0 Å². The molecule has 2 aromatic rings. The highest BCUT2D eigenvalue weighted by atomic mass is 16.5. The largest absolute Gasteiger partial charge is 0.496 e. The number of ether oxygens (including phenoxy) is 6. The number of hydrogen-bond acceptors (Lipinski definition) is 6. The van der Waals surface area contributed by atoms with E-state index in [0.29, 0.717) is 40.9 Å². The van der Waals surface area contributed by atoms with Crippen LogP contribution in [0, 0.1) is 0 Å². The average Bonchev–Trinajstić information content (AvgIpc) is 2.66. The molecule has 0 saturated carbocycles. The Morgan fingerprint density at radius 2 is 0.720 bits per heavy atom. The maximum atomic E-state index is 5.50. The maximum Gasteiger partial charge on any atom is 0.164 e. The predicted molar refractivity (Wildman–Crippen MR) is 95.0 cm³/mol. The Labute approximate surface area is 148 Å². The van der Waals surface area contributed by atoms with E-state index in [1.807, 2.05) is 12.1 Å². The van der Waals surface area contributed by atoms with E-state index in [-0.39, 0.29) is 0 Å². The molecule has 0 aromatic heterocycles. The van der Waals surface area contributed by atoms with Gasteiger partial charge in [0.15, 0.2) is 23.0 Å². The van der Waals surface area contributed by atoms with E-state index in [1.54, 1.807) is 54.8 Å². The molecule has 25 heavy (non-hydrogen) atoms. The van der Waals surface area contributed by atoms with E-state index >= 15 is 0 Å². The number of hydrogen-bond donors (Lipinski definition) is 0. The van der Waals surface area contributed by atoms with E-state index in [0.717, 1.165) is 11.1 Å². The van der Waals surface area contributed by atoms with Crippen molar-refractivity contribution in [3.63, 3.8) is 0 Å². The fraction of sp³-hybridized carbons (Fsp3) is 0.368. The second-order valence-electron chi connectivity index (χ2n) is 5.21. The van der Waals surface area contributed by atoms with Crippen LogP contribution >= 0.6 is 0 Å². The van der Waals surface area contributed by atoms with Crippen molar-refractivity contribution in [3.05, 3.63) is 35.4 Å². The Morgan fingerprint density at radius 1 is 0.440 bits per heavy atom. The SMILES string of the molecule is COc1cc(OC)c(OC)cc1Cc1cc(OC)c(OC)cc1OC. The van der Waals surface area contributed by atoms with Crippen molar-refractivity contribution in [2.24, 2.45) is 0 Å². The lowest BCUT2D eigenvalue weighted by molar-refractivity contribution is 0.346. The van der Waals surface area contributed by atoms with Gasteiger partial charge >= 0.3 is 0 Å². The monoisotopic (exact) mass is 348 g/mol. The van der Waals surface area contributed by atoms with Gasteiger partial charge < -0.3 is 28.4 Å². The summed E-state index contributed by atoms with van der Waals surface area (Å²) < 4.78 is 32.5. The molecule has 136 valence electrons. The van der Waals surface area contributed by atoms with Crippen LogP contribution in [0.15, 0.2) is 24.3 Å². The molecule has 0 spiro atoms. The minimum atomic E-state index is 0.563. The maximum absolute atomic E-state index is 5.50. The Balaban J connectivity index is 2.51. The zero-order chi connectivity index (χ0) is 18.4. The zero-order valence-corrected chi connectivity index (χ0v) is 15.5. The Bertz CT molecular complexity index is 665. The number of rotatable bonds is 8. The highest BCUT2D eigenvalue weighted by molar-refractivity contribution is 5.56. The smallest absolute Gasteiger partial charge is 0.164 e. The molecular formula is C19H24O6. The fourth-order valence-electron chi connectivity index (χ4n) is 2.67. The third-order valence-electron chi connectivity index (χ3n) is 3.95. The van der Waals surface area contributed by atoms with E-state index in [2.05, 4.69) is 0 Å². The van der Waals surface area contributed by atoms with Crippen molar-refractivity contribution < 1.29 is 28.4 Å². The minimum Gasteiger partial charge on any atom is -0.496 e. The van der Waals surface area contributed by atoms with Crippen LogP contribution in [0.25, 0.3) is 0 Å². The van der Waals surface area contributed by atoms with Crippen LogP contribution < -0.4 is 28.4 Å². The Kier molecular flexibility index (Phi) is 6.22. The summed E-state index contributed by atoms with van der Waals surface area (Å²) in [6.07, 6.45) is 0.563. The van der Waals surface area contributed by atoms with Gasteiger partial charge in [0.05, 0.1) is 42.7 Å². The van der Waals surface area contributed by atoms with Gasteiger partial charge in [-0.05, 0) is 12.1 Å². The summed E-state index contributed by atoms with van der Waals surface area (Å²) in [5.74, 6) is 3.91. The van der Waals surface area contributed by atoms with E-state index in [4.69, 9.17) is 28.4 Å². The molecule has 2 rings (SSSR count). The third kappa shape index (κ3) is 3.84. The number of benzene rings is 2. The molecule has 0 unspecified atom stereocenters. The van der Waals surface area contributed by atoms with Crippen LogP contribution in [0.3, 0.4) is 0 Å². The molecule has 0 bridgehead atoms. The Morgan fingerprint density at radius 3 is 1.00 bits per heavy atom. The molecule has 0 saturated heterocycles. The van der Waals surface area contributed by atoms with Crippen LogP contribution in [0.5, 0.6) is 34.5 Å². The lowest BCUT2D eigenvalue weighted by Crippen LogP contribution is -2.01. The first-order chi connectivity index (χ1) is 12.1. The van der Waals surface area contributed by atoms with Crippen LogP contribution in [0.2, 0.25) is 0 Å². The van der Waals surface area contributed by atoms with Gasteiger partial charge in [-0.25, -0.2) is 0 Å². The molecule has 2 aromatic carbocycles. The quantitative estimate of drug-likeness (QED) is 0.729. The van der Waals surface area contributed by atoms with Crippen LogP contribution in [-0.2, 0) is 6.42 Å². The first-order valence-electron chi connectivity index (χ1n) is 7.69. The van der Waals surface area contributed by atoms with Gasteiger partial charge in [-0.3, -0.25) is 0 Å². The second-order valence-corrected chi connectivity index (χ2v) is 5.21. The topological polar surface area (TPSA) is 55.4 Å². The average molecular weight is 348 g/mol. The van der Waals surface area contributed by atoms with Gasteiger partial charge in [0.25, 0.3) is 0 Å². The molecule has 0 aliphatic rings. The van der Waals surface area contributed by atoms with Crippen LogP contribution in [0.1, 0.15) is 11.1 Å². The van der Waals surface area contributed by atoms with E-state index < -0.39 is 0 Å². The second kappa shape index (κ2) is 8.37. The van der Waals surface area contributed by atoms with Gasteiger partial charge in [0.1, 0.15) is 11.5 Å². The molecule has 0 atom stereocenters. The summed E-state index contributed by atoms with van der Waals surface area (Å²) in [7, 11) is 9.63. The minimum absolute atomic E-state index is 0.563. The van der Waals surface area contributed by atoms with E-state index in [1.165, 1.54) is 0 Å². The zero-order valence-electron chi connectivity index (χ0n) is 15.5. The normalized spacial score (nSPS) is 10.2. The molecule has 0 radical (unpaired) electrons. The molecule has 0 N–H and O–H groups in total. The molecule has 0 aliphatic heterocycles. The van der Waals surface area contributed by atoms with Gasteiger partial charge in [0, 0.05) is 29.7 Å². The van der Waals surface area contributed by atoms with Crippen molar-refractivity contribution in [1.82, 2.24) is 0 Å². The summed E-state index contributed by atoms with van der Waals surface area (Å²) in [5, 5.41) is 0. The molecular weight excluding hydrogens is 324 g/mol. The molecule has 6 nitrogen and oxygen atoms in total. The van der Waals surface area contributed by atoms with E-state index in [9.17, 15) is 0 Å². The molecule has 0 amide bonds. The molecule has 0 heterocycles. The highest BCUT2D eigenvalue weighted by Gasteiger charge is 2.17. The molecule has 6 heteroatoms. The van der Waals surface area contributed by atoms with Crippen LogP contribution in [-0.4, -0.2) is 42.7 Å². The summed E-state index contributed by atoms with van der Waals surface area (Å²) in [6, 6.07) is 7.41. The summed E-state index contributed by atoms with van der Waals surface area (Å²) in [6.45, 7) is 0. The lowest BCUT2D eigenvalue weighted by Gasteiger charge is -2.17. The number of methoxy groups -OCH3 is 6. The van der Waals surface area contributed by atoms with Crippen molar-refractivity contribution >= 4 is 0 Å².